The van der Waals surface area contributed by atoms with Gasteiger partial charge in [-0.15, -0.1) is 11.3 Å². The van der Waals surface area contributed by atoms with Crippen molar-refractivity contribution < 1.29 is 54.4 Å². The van der Waals surface area contributed by atoms with Gasteiger partial charge >= 0.3 is 19.0 Å². The molecule has 38 heavy (non-hydrogen) atoms. The van der Waals surface area contributed by atoms with Crippen LogP contribution in [-0.2, 0) is 12.0 Å². The largest absolute Gasteiger partial charge is 0.619 e. The molecular formula is C23H18F8N2O4S. The molecule has 0 bridgehead atoms. The molecule has 3 aromatic rings. The van der Waals surface area contributed by atoms with Crippen LogP contribution in [0.15, 0.2) is 48.9 Å². The Balaban J connectivity index is 1.79. The van der Waals surface area contributed by atoms with Crippen molar-refractivity contribution in [3.63, 3.8) is 0 Å². The molecular weight excluding hydrogens is 552 g/mol. The number of halogens is 8. The van der Waals surface area contributed by atoms with Crippen LogP contribution in [0.3, 0.4) is 0 Å². The molecule has 2 aromatic heterocycles. The highest BCUT2D eigenvalue weighted by Gasteiger charge is 2.72. The summed E-state index contributed by atoms with van der Waals surface area (Å²) in [6.07, 6.45) is -8.58. The molecule has 0 unspecified atom stereocenters. The fraction of sp³-hybridized carbons (Fsp3) is 0.391. The predicted octanol–water partition coefficient (Wildman–Crippen LogP) is 5.61. The Morgan fingerprint density at radius 1 is 1.03 bits per heavy atom. The van der Waals surface area contributed by atoms with E-state index in [0.717, 1.165) is 18.5 Å². The Labute approximate surface area is 213 Å². The SMILES string of the molecule is [O-][n+]1ccc(C[C@@H](c2ccc(OC(F)F)c(OC3CC3)c2)c2ncc(C(O)(C(F)(F)F)C(F)(F)F)s2)cc1. The standard InChI is InChI=1S/C23H18F8N2O4S/c24-20(25)37-16-4-1-13(10-17(16)36-14-2-3-14)15(9-12-5-7-33(35)8-6-12)19-32-11-18(38-19)21(34,22(26,27)28)23(29,30)31/h1,4-8,10-11,14-15,20,34H,2-3,9H2/t15-/m0/s1. The Kier molecular flexibility index (Phi) is 7.45. The molecule has 1 saturated carbocycles. The summed E-state index contributed by atoms with van der Waals surface area (Å²) in [6, 6.07) is 6.55. The maximum Gasteiger partial charge on any atom is 0.431 e. The zero-order valence-electron chi connectivity index (χ0n) is 19.0. The molecule has 206 valence electrons. The van der Waals surface area contributed by atoms with Crippen LogP contribution in [0.2, 0.25) is 0 Å². The van der Waals surface area contributed by atoms with Crippen molar-refractivity contribution in [1.29, 1.82) is 0 Å². The molecule has 6 nitrogen and oxygen atoms in total. The predicted molar refractivity (Wildman–Crippen MR) is 116 cm³/mol. The van der Waals surface area contributed by atoms with Crippen LogP contribution >= 0.6 is 11.3 Å². The Hall–Kier alpha value is -3.20. The summed E-state index contributed by atoms with van der Waals surface area (Å²) >= 11 is 0.00575. The van der Waals surface area contributed by atoms with Gasteiger partial charge in [-0.3, -0.25) is 0 Å². The van der Waals surface area contributed by atoms with E-state index in [9.17, 15) is 45.4 Å². The number of thiazole rings is 1. The minimum absolute atomic E-state index is 0.00575. The van der Waals surface area contributed by atoms with Crippen LogP contribution in [0.1, 0.15) is 39.8 Å². The molecule has 15 heteroatoms. The van der Waals surface area contributed by atoms with E-state index in [0.29, 0.717) is 29.3 Å². The van der Waals surface area contributed by atoms with Gasteiger partial charge in [0.1, 0.15) is 5.01 Å². The number of nitrogens with zero attached hydrogens (tertiary/aromatic N) is 2. The van der Waals surface area contributed by atoms with Crippen LogP contribution in [0.4, 0.5) is 35.1 Å². The van der Waals surface area contributed by atoms with E-state index < -0.39 is 35.4 Å². The van der Waals surface area contributed by atoms with E-state index in [1.54, 1.807) is 0 Å². The molecule has 0 amide bonds. The van der Waals surface area contributed by atoms with Gasteiger partial charge in [0.15, 0.2) is 23.9 Å². The maximum absolute atomic E-state index is 13.4. The van der Waals surface area contributed by atoms with Crippen molar-refractivity contribution >= 4 is 11.3 Å². The van der Waals surface area contributed by atoms with Gasteiger partial charge in [0, 0.05) is 24.2 Å². The molecule has 1 N–H and O–H groups in total. The second kappa shape index (κ2) is 10.2. The van der Waals surface area contributed by atoms with Crippen LogP contribution in [-0.4, -0.2) is 35.2 Å². The van der Waals surface area contributed by atoms with Gasteiger partial charge in [0.2, 0.25) is 0 Å². The molecule has 0 aliphatic heterocycles. The molecule has 0 saturated heterocycles. The monoisotopic (exact) mass is 570 g/mol. The summed E-state index contributed by atoms with van der Waals surface area (Å²) in [6.45, 7) is -3.18. The van der Waals surface area contributed by atoms with Crippen LogP contribution in [0, 0.1) is 5.21 Å². The van der Waals surface area contributed by atoms with Gasteiger partial charge in [-0.25, -0.2) is 4.98 Å². The Morgan fingerprint density at radius 3 is 2.21 bits per heavy atom. The van der Waals surface area contributed by atoms with Crippen molar-refractivity contribution in [1.82, 2.24) is 4.98 Å². The quantitative estimate of drug-likeness (QED) is 0.206. The molecule has 1 fully saturated rings. The third-order valence-corrected chi connectivity index (χ3v) is 6.93. The first-order valence-corrected chi connectivity index (χ1v) is 11.8. The molecule has 0 radical (unpaired) electrons. The minimum Gasteiger partial charge on any atom is -0.619 e. The van der Waals surface area contributed by atoms with Crippen LogP contribution < -0.4 is 14.2 Å². The second-order valence-electron chi connectivity index (χ2n) is 8.49. The van der Waals surface area contributed by atoms with Crippen molar-refractivity contribution in [3.05, 3.63) is 75.1 Å². The lowest BCUT2D eigenvalue weighted by Gasteiger charge is -2.30. The highest BCUT2D eigenvalue weighted by Crippen LogP contribution is 2.52. The zero-order valence-corrected chi connectivity index (χ0v) is 19.8. The molecule has 2 heterocycles. The summed E-state index contributed by atoms with van der Waals surface area (Å²) in [4.78, 5) is 2.28. The summed E-state index contributed by atoms with van der Waals surface area (Å²) < 4.78 is 117. The lowest BCUT2D eigenvalue weighted by Crippen LogP contribution is -2.53. The molecule has 1 atom stereocenters. The molecule has 4 rings (SSSR count). The summed E-state index contributed by atoms with van der Waals surface area (Å²) in [5, 5.41) is 21.0. The van der Waals surface area contributed by atoms with Crippen LogP contribution in [0.25, 0.3) is 0 Å². The van der Waals surface area contributed by atoms with Crippen molar-refractivity contribution in [2.75, 3.05) is 0 Å². The number of hydrogen-bond acceptors (Lipinski definition) is 6. The minimum atomic E-state index is -6.09. The van der Waals surface area contributed by atoms with Gasteiger partial charge in [0.25, 0.3) is 5.60 Å². The van der Waals surface area contributed by atoms with Crippen LogP contribution in [0.5, 0.6) is 11.5 Å². The first-order chi connectivity index (χ1) is 17.7. The highest BCUT2D eigenvalue weighted by atomic mass is 32.1. The lowest BCUT2D eigenvalue weighted by atomic mass is 9.92. The molecule has 1 aromatic carbocycles. The first kappa shape index (κ1) is 27.8. The van der Waals surface area contributed by atoms with E-state index in [2.05, 4.69) is 9.72 Å². The first-order valence-electron chi connectivity index (χ1n) is 10.9. The number of ether oxygens (including phenoxy) is 2. The number of alkyl halides is 8. The van der Waals surface area contributed by atoms with E-state index in [1.165, 1.54) is 24.3 Å². The third kappa shape index (κ3) is 5.77. The maximum atomic E-state index is 13.4. The number of pyridine rings is 1. The number of aliphatic hydroxyl groups is 1. The fourth-order valence-electron chi connectivity index (χ4n) is 3.61. The van der Waals surface area contributed by atoms with Crippen molar-refractivity contribution in [2.45, 2.75) is 55.8 Å². The second-order valence-corrected chi connectivity index (χ2v) is 9.56. The van der Waals surface area contributed by atoms with Gasteiger partial charge in [-0.05, 0) is 42.5 Å². The van der Waals surface area contributed by atoms with Crippen molar-refractivity contribution in [2.24, 2.45) is 0 Å². The molecule has 1 aliphatic rings. The Bertz CT molecular complexity index is 1250. The Morgan fingerprint density at radius 2 is 1.66 bits per heavy atom. The average molecular weight is 570 g/mol. The number of aromatic nitrogens is 2. The summed E-state index contributed by atoms with van der Waals surface area (Å²) in [7, 11) is 0. The van der Waals surface area contributed by atoms with E-state index in [4.69, 9.17) is 4.74 Å². The number of benzene rings is 1. The average Bonchev–Trinajstić information content (AvgIpc) is 3.50. The van der Waals surface area contributed by atoms with Gasteiger partial charge in [0.05, 0.1) is 11.0 Å². The lowest BCUT2D eigenvalue weighted by molar-refractivity contribution is -0.605. The fourth-order valence-corrected chi connectivity index (χ4v) is 4.79. The third-order valence-electron chi connectivity index (χ3n) is 5.71. The topological polar surface area (TPSA) is 78.5 Å². The summed E-state index contributed by atoms with van der Waals surface area (Å²) in [5.41, 5.74) is -4.43. The van der Waals surface area contributed by atoms with E-state index in [1.807, 2.05) is 0 Å². The summed E-state index contributed by atoms with van der Waals surface area (Å²) in [5.74, 6) is -1.39. The van der Waals surface area contributed by atoms with E-state index >= 15 is 0 Å². The normalized spacial score (nSPS) is 15.5. The van der Waals surface area contributed by atoms with Gasteiger partial charge < -0.3 is 19.8 Å². The van der Waals surface area contributed by atoms with E-state index in [-0.39, 0.29) is 45.9 Å². The highest BCUT2D eigenvalue weighted by molar-refractivity contribution is 7.11. The smallest absolute Gasteiger partial charge is 0.431 e. The van der Waals surface area contributed by atoms with Gasteiger partial charge in [-0.1, -0.05) is 6.07 Å². The van der Waals surface area contributed by atoms with Gasteiger partial charge in [-0.2, -0.15) is 39.9 Å². The van der Waals surface area contributed by atoms with Crippen molar-refractivity contribution in [3.8, 4) is 11.5 Å². The number of rotatable bonds is 9. The molecule has 1 aliphatic carbocycles. The molecule has 0 spiro atoms. The number of hydrogen-bond donors (Lipinski definition) is 1. The zero-order chi connectivity index (χ0) is 27.9.